The van der Waals surface area contributed by atoms with Crippen LogP contribution in [-0.4, -0.2) is 106 Å². The molecule has 4 atom stereocenters. The first-order valence-corrected chi connectivity index (χ1v) is 29.5. The van der Waals surface area contributed by atoms with Crippen molar-refractivity contribution in [2.24, 2.45) is 23.2 Å². The van der Waals surface area contributed by atoms with Crippen LogP contribution in [-0.2, 0) is 26.0 Å². The number of hydrogen-bond acceptors (Lipinski definition) is 10. The van der Waals surface area contributed by atoms with Crippen LogP contribution in [0, 0.1) is 23.2 Å². The van der Waals surface area contributed by atoms with E-state index < -0.39 is 10.8 Å². The predicted octanol–water partition coefficient (Wildman–Crippen LogP) is 14.1. The molecule has 0 radical (unpaired) electrons. The number of nitrogens with one attached hydrogen (secondary N) is 3. The Morgan fingerprint density at radius 3 is 1.54 bits per heavy atom. The first kappa shape index (κ1) is 64.7. The molecule has 4 rings (SSSR count). The van der Waals surface area contributed by atoms with Gasteiger partial charge in [0.15, 0.2) is 0 Å². The second-order valence-corrected chi connectivity index (χ2v) is 22.6. The SMILES string of the molecule is CCOCCCNCCOc1cccc(C(CCC(C)C)C(c2cccc(OCCNCCCOCC)c2)(C(CC(C)C)c2cccc(OCCNCCCOC)c2)C(C)(CCC(C)C)Cc2cc(Cl)ccc2OC)c1. The van der Waals surface area contributed by atoms with Crippen molar-refractivity contribution in [3.05, 3.63) is 118 Å². The molecule has 4 aromatic carbocycles. The largest absolute Gasteiger partial charge is 0.496 e. The zero-order valence-corrected chi connectivity index (χ0v) is 49.8. The van der Waals surface area contributed by atoms with Gasteiger partial charge >= 0.3 is 0 Å². The average Bonchev–Trinajstić information content (AvgIpc) is 3.54. The lowest BCUT2D eigenvalue weighted by atomic mass is 9.43. The molecule has 0 aliphatic carbocycles. The van der Waals surface area contributed by atoms with Gasteiger partial charge in [0.05, 0.1) is 7.11 Å². The van der Waals surface area contributed by atoms with Gasteiger partial charge in [0.2, 0.25) is 0 Å². The smallest absolute Gasteiger partial charge is 0.122 e. The second kappa shape index (κ2) is 36.3. The van der Waals surface area contributed by atoms with E-state index >= 15 is 0 Å². The van der Waals surface area contributed by atoms with Crippen molar-refractivity contribution in [1.29, 1.82) is 0 Å². The molecule has 10 nitrogen and oxygen atoms in total. The van der Waals surface area contributed by atoms with E-state index in [2.05, 4.69) is 143 Å². The maximum Gasteiger partial charge on any atom is 0.122 e. The molecule has 0 fully saturated rings. The molecule has 0 spiro atoms. The van der Waals surface area contributed by atoms with Crippen molar-refractivity contribution in [3.8, 4) is 23.0 Å². The summed E-state index contributed by atoms with van der Waals surface area (Å²) < 4.78 is 42.9. The van der Waals surface area contributed by atoms with E-state index in [0.717, 1.165) is 159 Å². The molecule has 0 aliphatic heterocycles. The minimum atomic E-state index is -0.590. The normalized spacial score (nSPS) is 14.2. The van der Waals surface area contributed by atoms with Crippen LogP contribution in [0.5, 0.6) is 23.0 Å². The van der Waals surface area contributed by atoms with Crippen molar-refractivity contribution in [1.82, 2.24) is 16.0 Å². The van der Waals surface area contributed by atoms with E-state index in [1.54, 1.807) is 14.2 Å². The summed E-state index contributed by atoms with van der Waals surface area (Å²) in [6, 6.07) is 33.5. The number of benzene rings is 4. The van der Waals surface area contributed by atoms with Gasteiger partial charge in [-0.2, -0.15) is 0 Å². The van der Waals surface area contributed by atoms with Crippen LogP contribution >= 0.6 is 11.6 Å². The standard InChI is InChI=1S/C65H102ClN3O7/c1-12-72-39-18-33-68-36-42-74-58-23-14-20-53(46-58)61(28-26-50(3)4)65(56-22-16-25-60(48-56)76-43-37-69-34-19-40-73-13-2,64(9,31-30-51(5)6)49-55-45-57(66)27-29-63(55)71-11)62(44-52(7)8)54-21-15-24-59(47-54)75-41-35-67-32-17-38-70-10/h14-16,20-25,27,29,45-48,50-52,61-62,67-69H,12-13,17-19,26,28,30-44,49H2,1-11H3. The minimum absolute atomic E-state index is 0.00404. The number of methoxy groups -OCH3 is 2. The highest BCUT2D eigenvalue weighted by molar-refractivity contribution is 6.30. The zero-order valence-electron chi connectivity index (χ0n) is 49.0. The fraction of sp³-hybridized carbons (Fsp3) is 0.631. The van der Waals surface area contributed by atoms with Crippen LogP contribution in [0.3, 0.4) is 0 Å². The molecule has 76 heavy (non-hydrogen) atoms. The Bertz CT molecular complexity index is 2160. The highest BCUT2D eigenvalue weighted by Crippen LogP contribution is 2.65. The third kappa shape index (κ3) is 21.4. The molecule has 0 bridgehead atoms. The van der Waals surface area contributed by atoms with Gasteiger partial charge in [0, 0.05) is 70.2 Å². The Morgan fingerprint density at radius 2 is 1.04 bits per heavy atom. The summed E-state index contributed by atoms with van der Waals surface area (Å²) in [5.41, 5.74) is 3.92. The van der Waals surface area contributed by atoms with E-state index in [9.17, 15) is 0 Å². The average molecular weight is 1070 g/mol. The minimum Gasteiger partial charge on any atom is -0.496 e. The molecule has 4 unspecified atom stereocenters. The van der Waals surface area contributed by atoms with Crippen LogP contribution in [0.25, 0.3) is 0 Å². The van der Waals surface area contributed by atoms with E-state index in [4.69, 9.17) is 44.8 Å². The number of rotatable bonds is 43. The summed E-state index contributed by atoms with van der Waals surface area (Å²) in [5, 5.41) is 11.4. The molecule has 0 aromatic heterocycles. The first-order chi connectivity index (χ1) is 36.8. The van der Waals surface area contributed by atoms with Crippen molar-refractivity contribution < 1.29 is 33.2 Å². The number of hydrogen-bond donors (Lipinski definition) is 3. The lowest BCUT2D eigenvalue weighted by Gasteiger charge is -2.59. The summed E-state index contributed by atoms with van der Waals surface area (Å²) in [6.45, 7) is 31.2. The quantitative estimate of drug-likeness (QED) is 0.0372. The molecule has 0 heterocycles. The maximum atomic E-state index is 7.03. The van der Waals surface area contributed by atoms with E-state index in [1.807, 2.05) is 26.0 Å². The number of halogens is 1. The van der Waals surface area contributed by atoms with Gasteiger partial charge in [-0.05, 0) is 190 Å². The topological polar surface area (TPSA) is 101 Å². The molecule has 0 saturated heterocycles. The van der Waals surface area contributed by atoms with Gasteiger partial charge in [-0.3, -0.25) is 0 Å². The fourth-order valence-electron chi connectivity index (χ4n) is 11.2. The maximum absolute atomic E-state index is 7.03. The lowest BCUT2D eigenvalue weighted by Crippen LogP contribution is -2.54. The van der Waals surface area contributed by atoms with Crippen LogP contribution in [0.4, 0.5) is 0 Å². The van der Waals surface area contributed by atoms with Crippen molar-refractivity contribution in [3.63, 3.8) is 0 Å². The summed E-state index contributed by atoms with van der Waals surface area (Å²) in [4.78, 5) is 0. The molecular weight excluding hydrogens is 970 g/mol. The first-order valence-electron chi connectivity index (χ1n) is 29.1. The van der Waals surface area contributed by atoms with Crippen molar-refractivity contribution >= 4 is 11.6 Å². The van der Waals surface area contributed by atoms with Gasteiger partial charge in [0.25, 0.3) is 0 Å². The van der Waals surface area contributed by atoms with Crippen molar-refractivity contribution in [2.75, 3.05) is 106 Å². The molecule has 4 aromatic rings. The van der Waals surface area contributed by atoms with Gasteiger partial charge in [0.1, 0.15) is 42.8 Å². The Kier molecular flexibility index (Phi) is 30.9. The Balaban J connectivity index is 2.10. The summed E-state index contributed by atoms with van der Waals surface area (Å²) >= 11 is 7.03. The Morgan fingerprint density at radius 1 is 0.526 bits per heavy atom. The molecule has 3 N–H and O–H groups in total. The summed E-state index contributed by atoms with van der Waals surface area (Å²) in [7, 11) is 3.54. The van der Waals surface area contributed by atoms with E-state index in [0.29, 0.717) is 42.6 Å². The Hall–Kier alpha value is -3.87. The van der Waals surface area contributed by atoms with Crippen molar-refractivity contribution in [2.45, 2.75) is 137 Å². The molecule has 426 valence electrons. The summed E-state index contributed by atoms with van der Waals surface area (Å²) in [5.74, 6) is 4.75. The molecular formula is C65H102ClN3O7. The lowest BCUT2D eigenvalue weighted by molar-refractivity contribution is 0.0428. The third-order valence-electron chi connectivity index (χ3n) is 14.8. The van der Waals surface area contributed by atoms with Gasteiger partial charge in [-0.1, -0.05) is 109 Å². The zero-order chi connectivity index (χ0) is 55.0. The monoisotopic (exact) mass is 1070 g/mol. The predicted molar refractivity (Wildman–Crippen MR) is 318 cm³/mol. The van der Waals surface area contributed by atoms with Gasteiger partial charge < -0.3 is 49.1 Å². The molecule has 0 aliphatic rings. The summed E-state index contributed by atoms with van der Waals surface area (Å²) in [6.07, 6.45) is 8.49. The van der Waals surface area contributed by atoms with Crippen LogP contribution in [0.1, 0.15) is 148 Å². The van der Waals surface area contributed by atoms with E-state index in [-0.39, 0.29) is 11.8 Å². The van der Waals surface area contributed by atoms with E-state index in [1.165, 1.54) is 16.7 Å². The highest BCUT2D eigenvalue weighted by atomic mass is 35.5. The molecule has 0 saturated carbocycles. The van der Waals surface area contributed by atoms with Gasteiger partial charge in [-0.15, -0.1) is 0 Å². The fourth-order valence-corrected chi connectivity index (χ4v) is 11.4. The second-order valence-electron chi connectivity index (χ2n) is 22.1. The van der Waals surface area contributed by atoms with Gasteiger partial charge in [-0.25, -0.2) is 0 Å². The highest BCUT2D eigenvalue weighted by Gasteiger charge is 2.59. The van der Waals surface area contributed by atoms with Crippen LogP contribution in [0.15, 0.2) is 91.0 Å². The third-order valence-corrected chi connectivity index (χ3v) is 15.0. The van der Waals surface area contributed by atoms with Crippen LogP contribution < -0.4 is 34.9 Å². The number of ether oxygens (including phenoxy) is 7. The molecule has 0 amide bonds. The van der Waals surface area contributed by atoms with Crippen LogP contribution in [0.2, 0.25) is 5.02 Å². The molecule has 11 heteroatoms. The Labute approximate surface area is 466 Å².